The summed E-state index contributed by atoms with van der Waals surface area (Å²) in [6.45, 7) is 7.46. The SMILES string of the molecule is O=C(C[N+]12CCN(CC1)CC2)c1ccc(Cl)cc1.O=[N+]([O-])c1cccc(NCS(=O)(=O)[O-])c1. The van der Waals surface area contributed by atoms with E-state index in [9.17, 15) is 27.9 Å². The fourth-order valence-corrected chi connectivity index (χ4v) is 4.37. The number of non-ortho nitro benzene ring substituents is 1. The van der Waals surface area contributed by atoms with Crippen LogP contribution in [0.5, 0.6) is 0 Å². The second-order valence-corrected chi connectivity index (χ2v) is 9.97. The molecule has 2 aromatic rings. The molecule has 0 aliphatic carbocycles. The van der Waals surface area contributed by atoms with Crippen LogP contribution in [0.15, 0.2) is 48.5 Å². The molecule has 0 radical (unpaired) electrons. The molecule has 3 fully saturated rings. The lowest BCUT2D eigenvalue weighted by atomic mass is 10.1. The number of hydrogen-bond acceptors (Lipinski definition) is 8. The lowest BCUT2D eigenvalue weighted by Crippen LogP contribution is -2.68. The summed E-state index contributed by atoms with van der Waals surface area (Å²) in [7, 11) is -4.39. The zero-order valence-electron chi connectivity index (χ0n) is 17.9. The van der Waals surface area contributed by atoms with Gasteiger partial charge in [0, 0.05) is 48.0 Å². The first-order valence-electron chi connectivity index (χ1n) is 10.3. The molecule has 33 heavy (non-hydrogen) atoms. The second kappa shape index (κ2) is 10.6. The number of benzene rings is 2. The summed E-state index contributed by atoms with van der Waals surface area (Å²) in [5.74, 6) is -0.546. The summed E-state index contributed by atoms with van der Waals surface area (Å²) in [5, 5.41) is 13.3. The van der Waals surface area contributed by atoms with Crippen LogP contribution >= 0.6 is 11.6 Å². The summed E-state index contributed by atoms with van der Waals surface area (Å²) in [4.78, 5) is 24.6. The van der Waals surface area contributed by atoms with Crippen molar-refractivity contribution in [2.24, 2.45) is 0 Å². The van der Waals surface area contributed by atoms with Gasteiger partial charge < -0.3 is 14.4 Å². The number of halogens is 1. The first kappa shape index (κ1) is 25.1. The number of nitrogens with zero attached hydrogens (tertiary/aromatic N) is 3. The topological polar surface area (TPSA) is 133 Å². The van der Waals surface area contributed by atoms with Crippen LogP contribution in [0, 0.1) is 10.1 Å². The van der Waals surface area contributed by atoms with Gasteiger partial charge >= 0.3 is 0 Å². The molecule has 0 unspecified atom stereocenters. The van der Waals surface area contributed by atoms with Crippen LogP contribution in [0.3, 0.4) is 0 Å². The lowest BCUT2D eigenvalue weighted by Gasteiger charge is -2.50. The normalized spacial score (nSPS) is 21.6. The molecule has 3 aliphatic rings. The fourth-order valence-electron chi connectivity index (χ4n) is 3.90. The summed E-state index contributed by atoms with van der Waals surface area (Å²) >= 11 is 5.85. The molecule has 2 aromatic carbocycles. The summed E-state index contributed by atoms with van der Waals surface area (Å²) in [6.07, 6.45) is 0. The maximum Gasteiger partial charge on any atom is 0.271 e. The van der Waals surface area contributed by atoms with E-state index in [0.717, 1.165) is 55.4 Å². The number of ketones is 1. The van der Waals surface area contributed by atoms with Gasteiger partial charge in [0.05, 0.1) is 24.6 Å². The maximum absolute atomic E-state index is 12.3. The molecule has 0 atom stereocenters. The van der Waals surface area contributed by atoms with Crippen molar-refractivity contribution >= 4 is 38.9 Å². The van der Waals surface area contributed by atoms with E-state index in [4.69, 9.17) is 11.6 Å². The third-order valence-electron chi connectivity index (χ3n) is 5.83. The Bertz CT molecular complexity index is 1090. The molecule has 0 spiro atoms. The van der Waals surface area contributed by atoms with Gasteiger partial charge in [0.1, 0.15) is 22.5 Å². The fraction of sp³-hybridized carbons (Fsp3) is 0.381. The molecular weight excluding hydrogens is 472 g/mol. The van der Waals surface area contributed by atoms with E-state index in [1.54, 1.807) is 12.1 Å². The van der Waals surface area contributed by atoms with Crippen molar-refractivity contribution in [3.8, 4) is 0 Å². The highest BCUT2D eigenvalue weighted by atomic mass is 35.5. The second-order valence-electron chi connectivity index (χ2n) is 8.13. The number of nitro benzene ring substituents is 1. The monoisotopic (exact) mass is 496 g/mol. The van der Waals surface area contributed by atoms with Crippen molar-refractivity contribution in [1.29, 1.82) is 0 Å². The predicted octanol–water partition coefficient (Wildman–Crippen LogP) is 2.18. The number of carbonyl (C=O) groups excluding carboxylic acids is 1. The molecule has 1 N–H and O–H groups in total. The molecule has 10 nitrogen and oxygen atoms in total. The number of anilines is 1. The van der Waals surface area contributed by atoms with Gasteiger partial charge in [-0.05, 0) is 30.3 Å². The van der Waals surface area contributed by atoms with Gasteiger partial charge in [-0.25, -0.2) is 8.42 Å². The highest BCUT2D eigenvalue weighted by molar-refractivity contribution is 7.85. The molecule has 3 saturated heterocycles. The summed E-state index contributed by atoms with van der Waals surface area (Å²) in [5.41, 5.74) is 0.826. The van der Waals surface area contributed by atoms with E-state index in [0.29, 0.717) is 11.6 Å². The lowest BCUT2D eigenvalue weighted by molar-refractivity contribution is -0.933. The largest absolute Gasteiger partial charge is 0.747 e. The molecule has 0 aromatic heterocycles. The van der Waals surface area contributed by atoms with Crippen LogP contribution < -0.4 is 5.32 Å². The predicted molar refractivity (Wildman–Crippen MR) is 123 cm³/mol. The van der Waals surface area contributed by atoms with E-state index < -0.39 is 20.9 Å². The summed E-state index contributed by atoms with van der Waals surface area (Å²) < 4.78 is 31.8. The maximum atomic E-state index is 12.3. The Hall–Kier alpha value is -2.57. The standard InChI is InChI=1S/C14H18ClN2O.C7H8N2O5S/c15-13-3-1-12(2-4-13)14(18)11-17-8-5-16(6-9-17)7-10-17;10-9(11)7-3-1-2-6(4-7)8-5-15(12,13)14/h1-4H,5-11H2;1-4,8H,5H2,(H,12,13,14)/q+1;/p-1. The Kier molecular flexibility index (Phi) is 8.03. The Balaban J connectivity index is 0.000000190. The smallest absolute Gasteiger partial charge is 0.271 e. The Labute approximate surface area is 197 Å². The molecule has 3 heterocycles. The van der Waals surface area contributed by atoms with Crippen LogP contribution in [-0.2, 0) is 10.1 Å². The van der Waals surface area contributed by atoms with Crippen molar-refractivity contribution in [3.63, 3.8) is 0 Å². The van der Waals surface area contributed by atoms with Crippen LogP contribution in [0.2, 0.25) is 5.02 Å². The van der Waals surface area contributed by atoms with Crippen molar-refractivity contribution in [1.82, 2.24) is 4.90 Å². The van der Waals surface area contributed by atoms with Gasteiger partial charge in [0.15, 0.2) is 0 Å². The molecule has 178 valence electrons. The number of nitro groups is 1. The Morgan fingerprint density at radius 1 is 1.09 bits per heavy atom. The highest BCUT2D eigenvalue weighted by Gasteiger charge is 2.39. The van der Waals surface area contributed by atoms with E-state index in [2.05, 4.69) is 10.2 Å². The van der Waals surface area contributed by atoms with Crippen molar-refractivity contribution in [3.05, 3.63) is 69.2 Å². The molecular formula is C21H25ClN4O6S. The first-order valence-corrected chi connectivity index (χ1v) is 12.3. The molecule has 12 heteroatoms. The van der Waals surface area contributed by atoms with Crippen molar-refractivity contribution < 1.29 is 27.2 Å². The number of piperazine rings is 3. The number of fused-ring (bicyclic) bond motifs is 3. The molecule has 3 aliphatic heterocycles. The van der Waals surface area contributed by atoms with Gasteiger partial charge in [0.2, 0.25) is 5.78 Å². The zero-order chi connectivity index (χ0) is 24.1. The Morgan fingerprint density at radius 3 is 2.24 bits per heavy atom. The van der Waals surface area contributed by atoms with Gasteiger partial charge in [-0.1, -0.05) is 17.7 Å². The van der Waals surface area contributed by atoms with E-state index >= 15 is 0 Å². The third kappa shape index (κ3) is 7.47. The van der Waals surface area contributed by atoms with Gasteiger partial charge in [0.25, 0.3) is 5.69 Å². The molecule has 0 amide bonds. The minimum Gasteiger partial charge on any atom is -0.747 e. The number of carbonyl (C=O) groups is 1. The number of nitrogens with one attached hydrogen (secondary N) is 1. The van der Waals surface area contributed by atoms with Crippen LogP contribution in [0.4, 0.5) is 11.4 Å². The van der Waals surface area contributed by atoms with Gasteiger partial charge in [-0.3, -0.25) is 19.8 Å². The number of rotatable bonds is 7. The summed E-state index contributed by atoms with van der Waals surface area (Å²) in [6, 6.07) is 12.5. The van der Waals surface area contributed by atoms with Gasteiger partial charge in [-0.15, -0.1) is 0 Å². The first-order chi connectivity index (χ1) is 15.6. The highest BCUT2D eigenvalue weighted by Crippen LogP contribution is 2.21. The van der Waals surface area contributed by atoms with Crippen LogP contribution in [-0.4, -0.2) is 84.8 Å². The zero-order valence-corrected chi connectivity index (χ0v) is 19.4. The molecule has 0 saturated carbocycles. The molecule has 5 rings (SSSR count). The van der Waals surface area contributed by atoms with E-state index in [1.165, 1.54) is 18.2 Å². The number of quaternary nitrogens is 1. The third-order valence-corrected chi connectivity index (χ3v) is 6.58. The minimum atomic E-state index is -4.39. The van der Waals surface area contributed by atoms with E-state index in [-0.39, 0.29) is 17.2 Å². The minimum absolute atomic E-state index is 0.178. The van der Waals surface area contributed by atoms with Gasteiger partial charge in [-0.2, -0.15) is 0 Å². The quantitative estimate of drug-likeness (QED) is 0.203. The van der Waals surface area contributed by atoms with Crippen LogP contribution in [0.25, 0.3) is 0 Å². The van der Waals surface area contributed by atoms with E-state index in [1.807, 2.05) is 12.1 Å². The average molecular weight is 497 g/mol. The Morgan fingerprint density at radius 2 is 1.70 bits per heavy atom. The van der Waals surface area contributed by atoms with Crippen molar-refractivity contribution in [2.75, 3.05) is 57.0 Å². The van der Waals surface area contributed by atoms with Crippen molar-refractivity contribution in [2.45, 2.75) is 0 Å². The number of Topliss-reactive ketones (excluding diaryl/α,β-unsaturated/α-hetero) is 1. The van der Waals surface area contributed by atoms with Crippen LogP contribution in [0.1, 0.15) is 10.4 Å². The number of hydrogen-bond donors (Lipinski definition) is 1. The molecule has 2 bridgehead atoms. The average Bonchev–Trinajstić information content (AvgIpc) is 2.79.